The molecule has 2 atom stereocenters. The first-order valence-corrected chi connectivity index (χ1v) is 11.6. The molecule has 0 spiro atoms. The maximum atomic E-state index is 13.4. The monoisotopic (exact) mass is 462 g/mol. The van der Waals surface area contributed by atoms with Crippen LogP contribution in [0.2, 0.25) is 0 Å². The average molecular weight is 463 g/mol. The largest absolute Gasteiger partial charge is 0.497 e. The third-order valence-electron chi connectivity index (χ3n) is 6.60. The summed E-state index contributed by atoms with van der Waals surface area (Å²) in [4.78, 5) is 15.5. The third kappa shape index (κ3) is 4.78. The van der Waals surface area contributed by atoms with Crippen LogP contribution in [-0.2, 0) is 22.5 Å². The molecule has 3 heterocycles. The van der Waals surface area contributed by atoms with E-state index in [0.29, 0.717) is 31.0 Å². The van der Waals surface area contributed by atoms with Crippen LogP contribution in [-0.4, -0.2) is 60.5 Å². The lowest BCUT2D eigenvalue weighted by atomic mass is 9.93. The van der Waals surface area contributed by atoms with E-state index in [2.05, 4.69) is 26.5 Å². The van der Waals surface area contributed by atoms with E-state index in [-0.39, 0.29) is 18.1 Å². The molecule has 2 aliphatic heterocycles. The summed E-state index contributed by atoms with van der Waals surface area (Å²) < 4.78 is 17.3. The number of benzene rings is 2. The van der Waals surface area contributed by atoms with Crippen LogP contribution in [0.4, 0.5) is 5.69 Å². The SMILES string of the molecule is COc1ccc2c(c1)CC(C(=O)Nc1ccc(-c3cn[nH]c3)cc1OCC1CCCO1)N(C)C2. The van der Waals surface area contributed by atoms with Gasteiger partial charge in [-0.15, -0.1) is 0 Å². The molecule has 2 aromatic carbocycles. The number of carbonyl (C=O) groups excluding carboxylic acids is 1. The Morgan fingerprint density at radius 2 is 2.15 bits per heavy atom. The Morgan fingerprint density at radius 1 is 1.24 bits per heavy atom. The minimum atomic E-state index is -0.292. The molecule has 1 aromatic heterocycles. The Kier molecular flexibility index (Phi) is 6.51. The van der Waals surface area contributed by atoms with Gasteiger partial charge in [-0.25, -0.2) is 0 Å². The highest BCUT2D eigenvalue weighted by Crippen LogP contribution is 2.33. The third-order valence-corrected chi connectivity index (χ3v) is 6.60. The Balaban J connectivity index is 1.36. The number of nitrogens with zero attached hydrogens (tertiary/aromatic N) is 2. The smallest absolute Gasteiger partial charge is 0.242 e. The van der Waals surface area contributed by atoms with Gasteiger partial charge in [0, 0.05) is 24.9 Å². The summed E-state index contributed by atoms with van der Waals surface area (Å²) in [5.41, 5.74) is 4.93. The van der Waals surface area contributed by atoms with Crippen molar-refractivity contribution in [3.8, 4) is 22.6 Å². The van der Waals surface area contributed by atoms with E-state index in [1.54, 1.807) is 13.3 Å². The number of anilines is 1. The van der Waals surface area contributed by atoms with Crippen LogP contribution in [0.5, 0.6) is 11.5 Å². The molecule has 0 bridgehead atoms. The van der Waals surface area contributed by atoms with Crippen LogP contribution in [0.25, 0.3) is 11.1 Å². The van der Waals surface area contributed by atoms with Gasteiger partial charge < -0.3 is 19.5 Å². The minimum Gasteiger partial charge on any atom is -0.497 e. The van der Waals surface area contributed by atoms with Gasteiger partial charge in [0.05, 0.1) is 31.1 Å². The van der Waals surface area contributed by atoms with E-state index in [0.717, 1.165) is 41.9 Å². The Labute approximate surface area is 199 Å². The summed E-state index contributed by atoms with van der Waals surface area (Å²) in [6.07, 6.45) is 6.33. The molecular formula is C26H30N4O4. The summed E-state index contributed by atoms with van der Waals surface area (Å²) >= 11 is 0. The molecule has 34 heavy (non-hydrogen) atoms. The number of methoxy groups -OCH3 is 1. The van der Waals surface area contributed by atoms with Crippen molar-refractivity contribution < 1.29 is 19.0 Å². The van der Waals surface area contributed by atoms with Crippen molar-refractivity contribution in [3.05, 3.63) is 59.9 Å². The molecule has 2 N–H and O–H groups in total. The topological polar surface area (TPSA) is 88.7 Å². The number of hydrogen-bond acceptors (Lipinski definition) is 6. The number of H-pyrrole nitrogens is 1. The zero-order valence-electron chi connectivity index (χ0n) is 19.5. The molecular weight excluding hydrogens is 432 g/mol. The molecule has 2 unspecified atom stereocenters. The first kappa shape index (κ1) is 22.4. The summed E-state index contributed by atoms with van der Waals surface area (Å²) in [7, 11) is 3.64. The van der Waals surface area contributed by atoms with Crippen molar-refractivity contribution in [3.63, 3.8) is 0 Å². The van der Waals surface area contributed by atoms with Crippen molar-refractivity contribution in [2.45, 2.75) is 38.0 Å². The number of fused-ring (bicyclic) bond motifs is 1. The number of aromatic nitrogens is 2. The molecule has 1 saturated heterocycles. The highest BCUT2D eigenvalue weighted by Gasteiger charge is 2.30. The van der Waals surface area contributed by atoms with E-state index in [1.165, 1.54) is 5.56 Å². The van der Waals surface area contributed by atoms with E-state index < -0.39 is 0 Å². The summed E-state index contributed by atoms with van der Waals surface area (Å²) in [5, 5.41) is 10.00. The molecule has 0 aliphatic carbocycles. The van der Waals surface area contributed by atoms with Crippen molar-refractivity contribution in [1.29, 1.82) is 0 Å². The quantitative estimate of drug-likeness (QED) is 0.557. The molecule has 5 rings (SSSR count). The van der Waals surface area contributed by atoms with Crippen LogP contribution in [0, 0.1) is 0 Å². The predicted octanol–water partition coefficient (Wildman–Crippen LogP) is 3.64. The molecule has 8 heteroatoms. The van der Waals surface area contributed by atoms with Gasteiger partial charge in [0.25, 0.3) is 0 Å². The lowest BCUT2D eigenvalue weighted by Gasteiger charge is -2.33. The van der Waals surface area contributed by atoms with Gasteiger partial charge in [-0.2, -0.15) is 5.10 Å². The predicted molar refractivity (Wildman–Crippen MR) is 129 cm³/mol. The molecule has 3 aromatic rings. The molecule has 0 radical (unpaired) electrons. The Bertz CT molecular complexity index is 1140. The number of amides is 1. The fourth-order valence-electron chi connectivity index (χ4n) is 4.62. The summed E-state index contributed by atoms with van der Waals surface area (Å²) in [5.74, 6) is 1.37. The highest BCUT2D eigenvalue weighted by molar-refractivity contribution is 5.97. The van der Waals surface area contributed by atoms with Crippen molar-refractivity contribution >= 4 is 11.6 Å². The highest BCUT2D eigenvalue weighted by atomic mass is 16.5. The standard InChI is InChI=1S/C26H30N4O4/c1-30-15-18-5-7-21(32-2)10-19(18)11-24(30)26(31)29-23-8-6-17(20-13-27-28-14-20)12-25(23)34-16-22-4-3-9-33-22/h5-8,10,12-14,22,24H,3-4,9,11,15-16H2,1-2H3,(H,27,28)(H,29,31). The maximum absolute atomic E-state index is 13.4. The van der Waals surface area contributed by atoms with E-state index >= 15 is 0 Å². The van der Waals surface area contributed by atoms with Crippen LogP contribution >= 0.6 is 0 Å². The number of likely N-dealkylation sites (N-methyl/N-ethyl adjacent to an activating group) is 1. The lowest BCUT2D eigenvalue weighted by Crippen LogP contribution is -2.45. The number of rotatable bonds is 7. The number of aromatic amines is 1. The first-order valence-electron chi connectivity index (χ1n) is 11.6. The van der Waals surface area contributed by atoms with Gasteiger partial charge in [-0.05, 0) is 67.3 Å². The van der Waals surface area contributed by atoms with Crippen LogP contribution in [0.1, 0.15) is 24.0 Å². The second-order valence-corrected chi connectivity index (χ2v) is 8.90. The summed E-state index contributed by atoms with van der Waals surface area (Å²) in [6.45, 7) is 1.93. The lowest BCUT2D eigenvalue weighted by molar-refractivity contribution is -0.121. The second kappa shape index (κ2) is 9.87. The number of carbonyl (C=O) groups is 1. The number of ether oxygens (including phenoxy) is 3. The number of nitrogens with one attached hydrogen (secondary N) is 2. The maximum Gasteiger partial charge on any atom is 0.242 e. The first-order chi connectivity index (χ1) is 16.6. The zero-order valence-corrected chi connectivity index (χ0v) is 19.5. The average Bonchev–Trinajstić information content (AvgIpc) is 3.57. The van der Waals surface area contributed by atoms with Gasteiger partial charge in [0.2, 0.25) is 5.91 Å². The van der Waals surface area contributed by atoms with Gasteiger partial charge in [-0.1, -0.05) is 12.1 Å². The van der Waals surface area contributed by atoms with E-state index in [4.69, 9.17) is 14.2 Å². The van der Waals surface area contributed by atoms with Crippen molar-refractivity contribution in [2.75, 3.05) is 32.7 Å². The summed E-state index contributed by atoms with van der Waals surface area (Å²) in [6, 6.07) is 11.6. The van der Waals surface area contributed by atoms with Gasteiger partial charge in [-0.3, -0.25) is 14.8 Å². The molecule has 1 fully saturated rings. The minimum absolute atomic E-state index is 0.0611. The van der Waals surface area contributed by atoms with Crippen molar-refractivity contribution in [1.82, 2.24) is 15.1 Å². The molecule has 2 aliphatic rings. The fraction of sp³-hybridized carbons (Fsp3) is 0.385. The van der Waals surface area contributed by atoms with Gasteiger partial charge >= 0.3 is 0 Å². The van der Waals surface area contributed by atoms with Crippen LogP contribution < -0.4 is 14.8 Å². The normalized spacial score (nSPS) is 20.1. The second-order valence-electron chi connectivity index (χ2n) is 8.90. The van der Waals surface area contributed by atoms with Crippen molar-refractivity contribution in [2.24, 2.45) is 0 Å². The Hall–Kier alpha value is -3.36. The molecule has 1 amide bonds. The fourth-order valence-corrected chi connectivity index (χ4v) is 4.62. The van der Waals surface area contributed by atoms with Gasteiger partial charge in [0.15, 0.2) is 0 Å². The van der Waals surface area contributed by atoms with Crippen LogP contribution in [0.3, 0.4) is 0 Å². The van der Waals surface area contributed by atoms with E-state index in [1.807, 2.05) is 43.6 Å². The molecule has 0 saturated carbocycles. The Morgan fingerprint density at radius 3 is 2.91 bits per heavy atom. The number of hydrogen-bond donors (Lipinski definition) is 2. The molecule has 8 nitrogen and oxygen atoms in total. The zero-order chi connectivity index (χ0) is 23.5. The van der Waals surface area contributed by atoms with E-state index in [9.17, 15) is 4.79 Å². The molecule has 178 valence electrons. The van der Waals surface area contributed by atoms with Gasteiger partial charge in [0.1, 0.15) is 18.1 Å². The van der Waals surface area contributed by atoms with Crippen LogP contribution in [0.15, 0.2) is 48.8 Å².